The summed E-state index contributed by atoms with van der Waals surface area (Å²) in [5.74, 6) is -1.07. The van der Waals surface area contributed by atoms with Crippen molar-refractivity contribution in [1.82, 2.24) is 15.1 Å². The van der Waals surface area contributed by atoms with Gasteiger partial charge in [-0.3, -0.25) is 14.4 Å². The standard InChI is InChI=1S/C18H21ClFN3O3/c19-12-4-5-14(15(20)10-12)18(26)23-8-6-22(7-9-23)17(25)11-13-2-1-3-16(24)21-13/h4-5,10,13H,1-3,6-9,11H2,(H,21,24). The highest BCUT2D eigenvalue weighted by Gasteiger charge is 2.28. The van der Waals surface area contributed by atoms with E-state index in [0.717, 1.165) is 18.9 Å². The van der Waals surface area contributed by atoms with Crippen molar-refractivity contribution in [2.24, 2.45) is 0 Å². The third-order valence-electron chi connectivity index (χ3n) is 4.82. The number of rotatable bonds is 3. The molecule has 1 unspecified atom stereocenters. The number of carbonyl (C=O) groups is 3. The Morgan fingerprint density at radius 3 is 2.54 bits per heavy atom. The average molecular weight is 382 g/mol. The van der Waals surface area contributed by atoms with Gasteiger partial charge in [0, 0.05) is 50.1 Å². The number of piperazine rings is 1. The lowest BCUT2D eigenvalue weighted by atomic mass is 10.0. The van der Waals surface area contributed by atoms with Crippen molar-refractivity contribution < 1.29 is 18.8 Å². The number of nitrogens with zero attached hydrogens (tertiary/aromatic N) is 2. The van der Waals surface area contributed by atoms with Gasteiger partial charge in [0.25, 0.3) is 5.91 Å². The molecular weight excluding hydrogens is 361 g/mol. The molecule has 6 nitrogen and oxygen atoms in total. The second-order valence-electron chi connectivity index (χ2n) is 6.66. The van der Waals surface area contributed by atoms with Crippen molar-refractivity contribution in [3.05, 3.63) is 34.6 Å². The molecule has 0 saturated carbocycles. The number of amides is 3. The summed E-state index contributed by atoms with van der Waals surface area (Å²) < 4.78 is 13.9. The van der Waals surface area contributed by atoms with Gasteiger partial charge in [0.15, 0.2) is 0 Å². The molecule has 0 spiro atoms. The first kappa shape index (κ1) is 18.6. The van der Waals surface area contributed by atoms with Crippen LogP contribution in [0.2, 0.25) is 5.02 Å². The Hall–Kier alpha value is -2.15. The van der Waals surface area contributed by atoms with Crippen molar-refractivity contribution >= 4 is 29.3 Å². The van der Waals surface area contributed by atoms with Crippen molar-refractivity contribution in [3.8, 4) is 0 Å². The molecule has 1 N–H and O–H groups in total. The molecule has 2 heterocycles. The van der Waals surface area contributed by atoms with E-state index in [1.807, 2.05) is 0 Å². The van der Waals surface area contributed by atoms with E-state index in [-0.39, 0.29) is 34.9 Å². The highest BCUT2D eigenvalue weighted by atomic mass is 35.5. The van der Waals surface area contributed by atoms with Gasteiger partial charge in [0.2, 0.25) is 11.8 Å². The summed E-state index contributed by atoms with van der Waals surface area (Å²) in [6, 6.07) is 3.87. The summed E-state index contributed by atoms with van der Waals surface area (Å²) in [5, 5.41) is 3.08. The van der Waals surface area contributed by atoms with Crippen LogP contribution in [0.1, 0.15) is 36.0 Å². The van der Waals surface area contributed by atoms with Gasteiger partial charge >= 0.3 is 0 Å². The third-order valence-corrected chi connectivity index (χ3v) is 5.06. The fourth-order valence-electron chi connectivity index (χ4n) is 3.37. The maximum atomic E-state index is 13.9. The summed E-state index contributed by atoms with van der Waals surface area (Å²) in [7, 11) is 0. The van der Waals surface area contributed by atoms with Crippen molar-refractivity contribution in [1.29, 1.82) is 0 Å². The molecule has 0 radical (unpaired) electrons. The number of piperidine rings is 1. The molecule has 2 saturated heterocycles. The topological polar surface area (TPSA) is 69.7 Å². The minimum atomic E-state index is -0.644. The first-order valence-corrected chi connectivity index (χ1v) is 9.13. The SMILES string of the molecule is O=C1CCCC(CC(=O)N2CCN(C(=O)c3ccc(Cl)cc3F)CC2)N1. The van der Waals surface area contributed by atoms with Crippen LogP contribution in [-0.4, -0.2) is 59.7 Å². The van der Waals surface area contributed by atoms with E-state index >= 15 is 0 Å². The quantitative estimate of drug-likeness (QED) is 0.868. The molecule has 140 valence electrons. The minimum absolute atomic E-state index is 0.00513. The van der Waals surface area contributed by atoms with Gasteiger partial charge in [0.05, 0.1) is 5.56 Å². The van der Waals surface area contributed by atoms with Gasteiger partial charge in [-0.25, -0.2) is 4.39 Å². The van der Waals surface area contributed by atoms with Crippen LogP contribution in [0.5, 0.6) is 0 Å². The van der Waals surface area contributed by atoms with Crippen molar-refractivity contribution in [3.63, 3.8) is 0 Å². The molecule has 0 aromatic heterocycles. The lowest BCUT2D eigenvalue weighted by Gasteiger charge is -2.36. The molecular formula is C18H21ClFN3O3. The van der Waals surface area contributed by atoms with Crippen LogP contribution in [0.25, 0.3) is 0 Å². The molecule has 3 amide bonds. The van der Waals surface area contributed by atoms with Gasteiger partial charge in [-0.15, -0.1) is 0 Å². The van der Waals surface area contributed by atoms with Crippen molar-refractivity contribution in [2.75, 3.05) is 26.2 Å². The Morgan fingerprint density at radius 1 is 1.19 bits per heavy atom. The van der Waals surface area contributed by atoms with Gasteiger partial charge in [-0.1, -0.05) is 11.6 Å². The maximum Gasteiger partial charge on any atom is 0.256 e. The first-order chi connectivity index (χ1) is 12.4. The Bertz CT molecular complexity index is 720. The molecule has 2 aliphatic rings. The minimum Gasteiger partial charge on any atom is -0.353 e. The number of benzene rings is 1. The fourth-order valence-corrected chi connectivity index (χ4v) is 3.52. The van der Waals surface area contributed by atoms with E-state index in [4.69, 9.17) is 11.6 Å². The normalized spacial score (nSPS) is 20.7. The summed E-state index contributed by atoms with van der Waals surface area (Å²) >= 11 is 5.72. The van der Waals surface area contributed by atoms with E-state index in [2.05, 4.69) is 5.32 Å². The second-order valence-corrected chi connectivity index (χ2v) is 7.09. The molecule has 0 bridgehead atoms. The molecule has 8 heteroatoms. The van der Waals surface area contributed by atoms with Crippen LogP contribution >= 0.6 is 11.6 Å². The van der Waals surface area contributed by atoms with Crippen LogP contribution in [0, 0.1) is 5.82 Å². The van der Waals surface area contributed by atoms with Crippen LogP contribution < -0.4 is 5.32 Å². The number of hydrogen-bond acceptors (Lipinski definition) is 3. The zero-order valence-electron chi connectivity index (χ0n) is 14.3. The summed E-state index contributed by atoms with van der Waals surface area (Å²) in [4.78, 5) is 39.5. The Morgan fingerprint density at radius 2 is 1.88 bits per heavy atom. The van der Waals surface area contributed by atoms with Crippen LogP contribution in [-0.2, 0) is 9.59 Å². The highest BCUT2D eigenvalue weighted by Crippen LogP contribution is 2.18. The number of hydrogen-bond donors (Lipinski definition) is 1. The number of nitrogens with one attached hydrogen (secondary N) is 1. The van der Waals surface area contributed by atoms with E-state index < -0.39 is 11.7 Å². The maximum absolute atomic E-state index is 13.9. The third kappa shape index (κ3) is 4.33. The summed E-state index contributed by atoms with van der Waals surface area (Å²) in [5.41, 5.74) is -0.0147. The van der Waals surface area contributed by atoms with Gasteiger partial charge in [0.1, 0.15) is 5.82 Å². The van der Waals surface area contributed by atoms with E-state index in [1.54, 1.807) is 9.80 Å². The second kappa shape index (κ2) is 8.03. The first-order valence-electron chi connectivity index (χ1n) is 8.75. The van der Waals surface area contributed by atoms with Gasteiger partial charge in [-0.05, 0) is 31.0 Å². The summed E-state index contributed by atoms with van der Waals surface area (Å²) in [6.45, 7) is 1.51. The molecule has 0 aliphatic carbocycles. The van der Waals surface area contributed by atoms with Crippen LogP contribution in [0.3, 0.4) is 0 Å². The van der Waals surface area contributed by atoms with Gasteiger partial charge in [-0.2, -0.15) is 0 Å². The molecule has 26 heavy (non-hydrogen) atoms. The molecule has 3 rings (SSSR count). The predicted molar refractivity (Wildman–Crippen MR) is 94.3 cm³/mol. The fraction of sp³-hybridized carbons (Fsp3) is 0.500. The molecule has 1 aromatic rings. The van der Waals surface area contributed by atoms with E-state index in [1.165, 1.54) is 12.1 Å². The Kier molecular flexibility index (Phi) is 5.76. The Labute approximate surface area is 156 Å². The number of halogens is 2. The molecule has 1 aromatic carbocycles. The smallest absolute Gasteiger partial charge is 0.256 e. The zero-order valence-corrected chi connectivity index (χ0v) is 15.1. The van der Waals surface area contributed by atoms with Crippen molar-refractivity contribution in [2.45, 2.75) is 31.7 Å². The average Bonchev–Trinajstić information content (AvgIpc) is 2.61. The monoisotopic (exact) mass is 381 g/mol. The van der Waals surface area contributed by atoms with E-state index in [0.29, 0.717) is 32.6 Å². The predicted octanol–water partition coefficient (Wildman–Crippen LogP) is 1.82. The van der Waals surface area contributed by atoms with Crippen LogP contribution in [0.4, 0.5) is 4.39 Å². The molecule has 2 fully saturated rings. The highest BCUT2D eigenvalue weighted by molar-refractivity contribution is 6.30. The number of carbonyl (C=O) groups excluding carboxylic acids is 3. The molecule has 1 atom stereocenters. The largest absolute Gasteiger partial charge is 0.353 e. The van der Waals surface area contributed by atoms with E-state index in [9.17, 15) is 18.8 Å². The lowest BCUT2D eigenvalue weighted by Crippen LogP contribution is -2.52. The lowest BCUT2D eigenvalue weighted by molar-refractivity contribution is -0.133. The Balaban J connectivity index is 1.52. The summed E-state index contributed by atoms with van der Waals surface area (Å²) in [6.07, 6.45) is 2.42. The molecule has 2 aliphatic heterocycles. The zero-order chi connectivity index (χ0) is 18.7. The van der Waals surface area contributed by atoms with Crippen LogP contribution in [0.15, 0.2) is 18.2 Å². The van der Waals surface area contributed by atoms with Gasteiger partial charge < -0.3 is 15.1 Å².